The maximum Gasteiger partial charge on any atom is 0.248 e. The summed E-state index contributed by atoms with van der Waals surface area (Å²) in [5.74, 6) is 0.00413. The quantitative estimate of drug-likeness (QED) is 0.813. The summed E-state index contributed by atoms with van der Waals surface area (Å²) in [6, 6.07) is 8.56. The number of carbonyl (C=O) groups excluding carboxylic acids is 2. The first-order valence-corrected chi connectivity index (χ1v) is 11.6. The van der Waals surface area contributed by atoms with E-state index in [1.54, 1.807) is 18.7 Å². The highest BCUT2D eigenvalue weighted by Crippen LogP contribution is 2.41. The zero-order valence-electron chi connectivity index (χ0n) is 17.8. The summed E-state index contributed by atoms with van der Waals surface area (Å²) in [6.07, 6.45) is 3.16. The van der Waals surface area contributed by atoms with Gasteiger partial charge in [-0.25, -0.2) is 0 Å². The molecular weight excluding hydrogens is 382 g/mol. The monoisotopic (exact) mass is 413 g/mol. The molecule has 29 heavy (non-hydrogen) atoms. The minimum absolute atomic E-state index is 0.0274. The topological polar surface area (TPSA) is 52.6 Å². The molecule has 2 amide bonds. The summed E-state index contributed by atoms with van der Waals surface area (Å²) < 4.78 is 1.34. The molecule has 2 unspecified atom stereocenters. The van der Waals surface area contributed by atoms with Crippen LogP contribution >= 0.6 is 11.3 Å². The molecule has 0 spiro atoms. The molecule has 0 bridgehead atoms. The zero-order valence-corrected chi connectivity index (χ0v) is 18.6. The molecule has 2 atom stereocenters. The van der Waals surface area contributed by atoms with Gasteiger partial charge in [0.05, 0.1) is 0 Å². The number of amides is 2. The average Bonchev–Trinajstić information content (AvgIpc) is 3.08. The Morgan fingerprint density at radius 3 is 2.69 bits per heavy atom. The fourth-order valence-corrected chi connectivity index (χ4v) is 6.09. The highest BCUT2D eigenvalue weighted by molar-refractivity contribution is 7.19. The second-order valence-electron chi connectivity index (χ2n) is 8.72. The second-order valence-corrected chi connectivity index (χ2v) is 9.85. The van der Waals surface area contributed by atoms with E-state index in [1.165, 1.54) is 20.5 Å². The van der Waals surface area contributed by atoms with Gasteiger partial charge in [0.25, 0.3) is 0 Å². The standard InChI is InChI=1S/C23H31N3O2S/c1-5-9-16(20-15-10-7-8-11-19(15)29-18(20)6-2)25-12-13-26-17(14-25)21(27)24-23(3,4)22(26)28/h7-8,10-11,16-17H,5-6,9,12-14H2,1-4H3,(H,24,27). The van der Waals surface area contributed by atoms with Crippen molar-refractivity contribution >= 4 is 33.2 Å². The molecular formula is C23H31N3O2S. The van der Waals surface area contributed by atoms with Gasteiger partial charge in [0, 0.05) is 35.3 Å². The Morgan fingerprint density at radius 2 is 1.97 bits per heavy atom. The second kappa shape index (κ2) is 7.73. The lowest BCUT2D eigenvalue weighted by atomic mass is 9.92. The van der Waals surface area contributed by atoms with Crippen molar-refractivity contribution in [1.29, 1.82) is 0 Å². The van der Waals surface area contributed by atoms with Gasteiger partial charge in [-0.2, -0.15) is 0 Å². The van der Waals surface area contributed by atoms with Gasteiger partial charge in [0.2, 0.25) is 11.8 Å². The van der Waals surface area contributed by atoms with Crippen LogP contribution in [0.4, 0.5) is 0 Å². The van der Waals surface area contributed by atoms with Crippen LogP contribution in [-0.4, -0.2) is 52.8 Å². The molecule has 3 heterocycles. The minimum atomic E-state index is -0.808. The summed E-state index contributed by atoms with van der Waals surface area (Å²) >= 11 is 1.90. The van der Waals surface area contributed by atoms with E-state index in [0.29, 0.717) is 13.1 Å². The van der Waals surface area contributed by atoms with Crippen molar-refractivity contribution < 1.29 is 9.59 Å². The molecule has 4 rings (SSSR count). The molecule has 2 aliphatic heterocycles. The van der Waals surface area contributed by atoms with Gasteiger partial charge in [0.1, 0.15) is 11.6 Å². The van der Waals surface area contributed by atoms with E-state index in [4.69, 9.17) is 0 Å². The van der Waals surface area contributed by atoms with Gasteiger partial charge in [0.15, 0.2) is 0 Å². The van der Waals surface area contributed by atoms with Crippen LogP contribution in [0.1, 0.15) is 57.0 Å². The van der Waals surface area contributed by atoms with Crippen LogP contribution in [0.25, 0.3) is 10.1 Å². The molecule has 2 saturated heterocycles. The smallest absolute Gasteiger partial charge is 0.248 e. The minimum Gasteiger partial charge on any atom is -0.340 e. The normalized spacial score (nSPS) is 23.2. The average molecular weight is 414 g/mol. The SMILES string of the molecule is CCCC(c1c(CC)sc2ccccc12)N1CCN2C(=O)C(C)(C)NC(=O)C2C1. The molecule has 0 aliphatic carbocycles. The van der Waals surface area contributed by atoms with E-state index in [2.05, 4.69) is 48.3 Å². The molecule has 156 valence electrons. The maximum atomic E-state index is 12.8. The molecule has 1 N–H and O–H groups in total. The third-order valence-corrected chi connectivity index (χ3v) is 7.64. The number of nitrogens with zero attached hydrogens (tertiary/aromatic N) is 2. The van der Waals surface area contributed by atoms with Crippen molar-refractivity contribution in [1.82, 2.24) is 15.1 Å². The molecule has 2 fully saturated rings. The summed E-state index contributed by atoms with van der Waals surface area (Å²) in [5.41, 5.74) is 0.628. The molecule has 2 aromatic rings. The largest absolute Gasteiger partial charge is 0.340 e. The number of nitrogens with one attached hydrogen (secondary N) is 1. The van der Waals surface area contributed by atoms with Crippen LogP contribution in [0.2, 0.25) is 0 Å². The number of aryl methyl sites for hydroxylation is 1. The Labute approximate surface area is 177 Å². The number of piperazine rings is 2. The van der Waals surface area contributed by atoms with Crippen LogP contribution in [-0.2, 0) is 16.0 Å². The van der Waals surface area contributed by atoms with E-state index in [-0.39, 0.29) is 17.9 Å². The van der Waals surface area contributed by atoms with Gasteiger partial charge < -0.3 is 10.2 Å². The van der Waals surface area contributed by atoms with Crippen molar-refractivity contribution in [3.8, 4) is 0 Å². The van der Waals surface area contributed by atoms with E-state index < -0.39 is 11.6 Å². The molecule has 2 aliphatic rings. The first kappa shape index (κ1) is 20.4. The molecule has 6 heteroatoms. The van der Waals surface area contributed by atoms with E-state index in [1.807, 2.05) is 11.3 Å². The van der Waals surface area contributed by atoms with Gasteiger partial charge in [-0.05, 0) is 43.7 Å². The lowest BCUT2D eigenvalue weighted by Crippen LogP contribution is -2.72. The lowest BCUT2D eigenvalue weighted by molar-refractivity contribution is -0.157. The number of fused-ring (bicyclic) bond motifs is 2. The van der Waals surface area contributed by atoms with Gasteiger partial charge in [-0.15, -0.1) is 11.3 Å². The van der Waals surface area contributed by atoms with Crippen molar-refractivity contribution in [3.05, 3.63) is 34.7 Å². The van der Waals surface area contributed by atoms with Crippen LogP contribution in [0, 0.1) is 0 Å². The third kappa shape index (κ3) is 3.46. The Balaban J connectivity index is 1.68. The number of carbonyl (C=O) groups is 2. The molecule has 0 radical (unpaired) electrons. The Morgan fingerprint density at radius 1 is 1.21 bits per heavy atom. The van der Waals surface area contributed by atoms with Crippen molar-refractivity contribution in [2.45, 2.75) is 64.6 Å². The van der Waals surface area contributed by atoms with Gasteiger partial charge in [-0.1, -0.05) is 38.5 Å². The fraction of sp³-hybridized carbons (Fsp3) is 0.565. The fourth-order valence-electron chi connectivity index (χ4n) is 4.89. The van der Waals surface area contributed by atoms with E-state index in [0.717, 1.165) is 25.8 Å². The Hall–Kier alpha value is -1.92. The van der Waals surface area contributed by atoms with Crippen molar-refractivity contribution in [3.63, 3.8) is 0 Å². The highest BCUT2D eigenvalue weighted by Gasteiger charge is 2.48. The number of thiophene rings is 1. The number of rotatable bonds is 5. The third-order valence-electron chi connectivity index (χ3n) is 6.31. The summed E-state index contributed by atoms with van der Waals surface area (Å²) in [6.45, 7) is 10.1. The molecule has 1 aromatic heterocycles. The van der Waals surface area contributed by atoms with Crippen LogP contribution in [0.3, 0.4) is 0 Å². The zero-order chi connectivity index (χ0) is 20.8. The predicted octanol–water partition coefficient (Wildman–Crippen LogP) is 3.73. The Bertz CT molecular complexity index is 935. The van der Waals surface area contributed by atoms with Crippen LogP contribution in [0.15, 0.2) is 24.3 Å². The van der Waals surface area contributed by atoms with Crippen molar-refractivity contribution in [2.24, 2.45) is 0 Å². The lowest BCUT2D eigenvalue weighted by Gasteiger charge is -2.49. The Kier molecular flexibility index (Phi) is 5.42. The first-order chi connectivity index (χ1) is 13.9. The molecule has 1 aromatic carbocycles. The maximum absolute atomic E-state index is 12.8. The van der Waals surface area contributed by atoms with Crippen LogP contribution < -0.4 is 5.32 Å². The summed E-state index contributed by atoms with van der Waals surface area (Å²) in [4.78, 5) is 31.3. The molecule has 5 nitrogen and oxygen atoms in total. The number of benzene rings is 1. The van der Waals surface area contributed by atoms with Crippen LogP contribution in [0.5, 0.6) is 0 Å². The van der Waals surface area contributed by atoms with E-state index in [9.17, 15) is 9.59 Å². The summed E-state index contributed by atoms with van der Waals surface area (Å²) in [7, 11) is 0. The van der Waals surface area contributed by atoms with Crippen molar-refractivity contribution in [2.75, 3.05) is 19.6 Å². The molecule has 0 saturated carbocycles. The van der Waals surface area contributed by atoms with E-state index >= 15 is 0 Å². The first-order valence-electron chi connectivity index (χ1n) is 10.7. The highest BCUT2D eigenvalue weighted by atomic mass is 32.1. The van der Waals surface area contributed by atoms with Gasteiger partial charge in [-0.3, -0.25) is 14.5 Å². The number of hydrogen-bond acceptors (Lipinski definition) is 4. The summed E-state index contributed by atoms with van der Waals surface area (Å²) in [5, 5.41) is 4.28. The van der Waals surface area contributed by atoms with Gasteiger partial charge >= 0.3 is 0 Å². The predicted molar refractivity (Wildman–Crippen MR) is 118 cm³/mol. The number of hydrogen-bond donors (Lipinski definition) is 1.